The average Bonchev–Trinajstić information content (AvgIpc) is 2.64. The molecule has 0 radical (unpaired) electrons. The normalized spacial score (nSPS) is 12.5. The van der Waals surface area contributed by atoms with Crippen molar-refractivity contribution in [1.82, 2.24) is 9.55 Å². The van der Waals surface area contributed by atoms with Crippen LogP contribution in [0.1, 0.15) is 17.3 Å². The van der Waals surface area contributed by atoms with Gasteiger partial charge in [-0.2, -0.15) is 4.98 Å². The van der Waals surface area contributed by atoms with Gasteiger partial charge < -0.3 is 21.5 Å². The molecule has 2 rings (SSSR count). The van der Waals surface area contributed by atoms with Crippen LogP contribution in [0, 0.1) is 12.3 Å². The number of hydrogen-bond acceptors (Lipinski definition) is 6. The number of nitrogens with zero attached hydrogens (tertiary/aromatic N) is 2. The van der Waals surface area contributed by atoms with Crippen molar-refractivity contribution < 1.29 is 14.7 Å². The number of anilines is 2. The minimum absolute atomic E-state index is 0.0887. The van der Waals surface area contributed by atoms with Gasteiger partial charge in [-0.15, -0.1) is 6.42 Å². The number of rotatable bonds is 6. The minimum Gasteiger partial charge on any atom is -0.394 e. The highest BCUT2D eigenvalue weighted by atomic mass is 16.3. The molecule has 140 valence electrons. The Labute approximate surface area is 155 Å². The van der Waals surface area contributed by atoms with E-state index in [0.29, 0.717) is 11.3 Å². The van der Waals surface area contributed by atoms with Gasteiger partial charge in [0, 0.05) is 17.4 Å². The smallest absolute Gasteiger partial charge is 0.350 e. The highest BCUT2D eigenvalue weighted by molar-refractivity contribution is 6.04. The molecule has 1 atom stereocenters. The van der Waals surface area contributed by atoms with Gasteiger partial charge in [-0.1, -0.05) is 5.92 Å². The monoisotopic (exact) mass is 369 g/mol. The molecule has 0 aliphatic carbocycles. The molecule has 0 aliphatic heterocycles. The number of carbonyl (C=O) groups is 2. The maximum absolute atomic E-state index is 12.2. The van der Waals surface area contributed by atoms with E-state index in [0.717, 1.165) is 0 Å². The van der Waals surface area contributed by atoms with Crippen molar-refractivity contribution >= 4 is 23.3 Å². The van der Waals surface area contributed by atoms with Crippen molar-refractivity contribution in [1.29, 1.82) is 0 Å². The largest absolute Gasteiger partial charge is 0.394 e. The molecule has 1 aromatic heterocycles. The van der Waals surface area contributed by atoms with Gasteiger partial charge in [-0.3, -0.25) is 14.2 Å². The van der Waals surface area contributed by atoms with Gasteiger partial charge in [0.05, 0.1) is 13.2 Å². The van der Waals surface area contributed by atoms with Crippen molar-refractivity contribution in [3.63, 3.8) is 0 Å². The molecule has 0 saturated carbocycles. The van der Waals surface area contributed by atoms with Gasteiger partial charge in [-0.25, -0.2) is 4.79 Å². The number of aliphatic hydroxyl groups is 1. The number of amides is 2. The Morgan fingerprint density at radius 3 is 2.52 bits per heavy atom. The minimum atomic E-state index is -1.42. The van der Waals surface area contributed by atoms with E-state index >= 15 is 0 Å². The first-order valence-electron chi connectivity index (χ1n) is 7.90. The first kappa shape index (κ1) is 19.8. The summed E-state index contributed by atoms with van der Waals surface area (Å²) < 4.78 is 1.23. The predicted octanol–water partition coefficient (Wildman–Crippen LogP) is -0.223. The van der Waals surface area contributed by atoms with Crippen LogP contribution in [0.5, 0.6) is 0 Å². The molecule has 9 heteroatoms. The molecular weight excluding hydrogens is 350 g/mol. The number of aliphatic hydroxyl groups excluding tert-OH is 1. The van der Waals surface area contributed by atoms with Gasteiger partial charge in [0.2, 0.25) is 5.91 Å². The molecule has 5 N–H and O–H groups in total. The van der Waals surface area contributed by atoms with Gasteiger partial charge in [-0.05, 0) is 37.3 Å². The molecule has 0 saturated heterocycles. The van der Waals surface area contributed by atoms with Crippen LogP contribution in [0.25, 0.3) is 0 Å². The van der Waals surface area contributed by atoms with Crippen LogP contribution in [0.2, 0.25) is 0 Å². The van der Waals surface area contributed by atoms with Gasteiger partial charge in [0.25, 0.3) is 5.91 Å². The molecule has 1 heterocycles. The second-order valence-corrected chi connectivity index (χ2v) is 5.99. The quantitative estimate of drug-likeness (QED) is 0.519. The second-order valence-electron chi connectivity index (χ2n) is 5.99. The Bertz CT molecular complexity index is 941. The average molecular weight is 369 g/mol. The van der Waals surface area contributed by atoms with Crippen LogP contribution in [-0.2, 0) is 11.3 Å². The van der Waals surface area contributed by atoms with Crippen LogP contribution < -0.4 is 22.1 Å². The SMILES string of the molecule is C#CCn1ccc(NC(=O)c2ccc(NC(=O)C(C)(N)CO)cc2)nc1=O. The van der Waals surface area contributed by atoms with Gasteiger partial charge >= 0.3 is 5.69 Å². The summed E-state index contributed by atoms with van der Waals surface area (Å²) in [6.45, 7) is 0.979. The van der Waals surface area contributed by atoms with E-state index in [2.05, 4.69) is 21.5 Å². The summed E-state index contributed by atoms with van der Waals surface area (Å²) in [5.74, 6) is 1.39. The zero-order valence-corrected chi connectivity index (χ0v) is 14.6. The van der Waals surface area contributed by atoms with Crippen molar-refractivity contribution in [3.05, 3.63) is 52.6 Å². The van der Waals surface area contributed by atoms with E-state index < -0.39 is 29.6 Å². The Morgan fingerprint density at radius 2 is 1.96 bits per heavy atom. The summed E-state index contributed by atoms with van der Waals surface area (Å²) >= 11 is 0. The number of carbonyl (C=O) groups excluding carboxylic acids is 2. The molecule has 9 nitrogen and oxygen atoms in total. The lowest BCUT2D eigenvalue weighted by molar-refractivity contribution is -0.121. The lowest BCUT2D eigenvalue weighted by atomic mass is 10.0. The van der Waals surface area contributed by atoms with E-state index in [1.54, 1.807) is 0 Å². The first-order chi connectivity index (χ1) is 12.8. The molecular formula is C18H19N5O4. The van der Waals surface area contributed by atoms with Gasteiger partial charge in [0.1, 0.15) is 11.4 Å². The third kappa shape index (κ3) is 5.01. The summed E-state index contributed by atoms with van der Waals surface area (Å²) in [6, 6.07) is 7.45. The molecule has 0 aliphatic rings. The van der Waals surface area contributed by atoms with Crippen molar-refractivity contribution in [2.75, 3.05) is 17.2 Å². The van der Waals surface area contributed by atoms with E-state index in [9.17, 15) is 14.4 Å². The molecule has 27 heavy (non-hydrogen) atoms. The van der Waals surface area contributed by atoms with Crippen molar-refractivity contribution in [2.45, 2.75) is 19.0 Å². The zero-order chi connectivity index (χ0) is 20.0. The Balaban J connectivity index is 2.06. The fourth-order valence-corrected chi connectivity index (χ4v) is 1.96. The van der Waals surface area contributed by atoms with Crippen molar-refractivity contribution in [2.24, 2.45) is 5.73 Å². The number of terminal acetylenes is 1. The number of hydrogen-bond donors (Lipinski definition) is 4. The molecule has 0 fully saturated rings. The Hall–Kier alpha value is -3.48. The standard InChI is InChI=1S/C18H19N5O4/c1-3-9-23-10-8-14(22-17(23)27)21-15(25)12-4-6-13(7-5-12)20-16(26)18(2,19)11-24/h1,4-8,10,24H,9,11,19H2,2H3,(H,20,26)(H,21,22,25,27). The third-order valence-corrected chi connectivity index (χ3v) is 3.63. The van der Waals surface area contributed by atoms with Crippen LogP contribution >= 0.6 is 0 Å². The number of nitrogens with two attached hydrogens (primary N) is 1. The summed E-state index contributed by atoms with van der Waals surface area (Å²) in [7, 11) is 0. The van der Waals surface area contributed by atoms with E-state index in [1.807, 2.05) is 0 Å². The lowest BCUT2D eigenvalue weighted by Gasteiger charge is -2.20. The highest BCUT2D eigenvalue weighted by Gasteiger charge is 2.27. The topological polar surface area (TPSA) is 139 Å². The predicted molar refractivity (Wildman–Crippen MR) is 100 cm³/mol. The summed E-state index contributed by atoms with van der Waals surface area (Å²) in [4.78, 5) is 39.6. The second kappa shape index (κ2) is 8.27. The summed E-state index contributed by atoms with van der Waals surface area (Å²) in [5, 5.41) is 14.1. The molecule has 0 spiro atoms. The highest BCUT2D eigenvalue weighted by Crippen LogP contribution is 2.13. The number of aromatic nitrogens is 2. The molecule has 1 aromatic carbocycles. The summed E-state index contributed by atoms with van der Waals surface area (Å²) in [5.41, 5.74) is 4.36. The number of nitrogens with one attached hydrogen (secondary N) is 2. The van der Waals surface area contributed by atoms with Crippen LogP contribution in [0.4, 0.5) is 11.5 Å². The Morgan fingerprint density at radius 1 is 1.30 bits per heavy atom. The Kier molecular flexibility index (Phi) is 6.07. The zero-order valence-electron chi connectivity index (χ0n) is 14.6. The van der Waals surface area contributed by atoms with Gasteiger partial charge in [0.15, 0.2) is 0 Å². The van der Waals surface area contributed by atoms with Crippen LogP contribution in [0.15, 0.2) is 41.3 Å². The number of benzene rings is 1. The van der Waals surface area contributed by atoms with Crippen molar-refractivity contribution in [3.8, 4) is 12.3 Å². The lowest BCUT2D eigenvalue weighted by Crippen LogP contribution is -2.51. The molecule has 0 bridgehead atoms. The van der Waals surface area contributed by atoms with E-state index in [-0.39, 0.29) is 12.4 Å². The maximum atomic E-state index is 12.2. The third-order valence-electron chi connectivity index (χ3n) is 3.63. The first-order valence-corrected chi connectivity index (χ1v) is 7.90. The van der Waals surface area contributed by atoms with Crippen LogP contribution in [0.3, 0.4) is 0 Å². The fraction of sp³-hybridized carbons (Fsp3) is 0.222. The van der Waals surface area contributed by atoms with E-state index in [1.165, 1.54) is 48.0 Å². The van der Waals surface area contributed by atoms with Crippen LogP contribution in [-0.4, -0.2) is 38.6 Å². The maximum Gasteiger partial charge on any atom is 0.350 e. The fourth-order valence-electron chi connectivity index (χ4n) is 1.96. The van der Waals surface area contributed by atoms with E-state index in [4.69, 9.17) is 17.3 Å². The molecule has 2 amide bonds. The molecule has 2 aromatic rings. The molecule has 1 unspecified atom stereocenters. The summed E-state index contributed by atoms with van der Waals surface area (Å²) in [6.07, 6.45) is 6.58.